The molecule has 1 aromatic rings. The summed E-state index contributed by atoms with van der Waals surface area (Å²) in [6.45, 7) is 0. The Morgan fingerprint density at radius 1 is 1.53 bits per heavy atom. The Morgan fingerprint density at radius 3 is 2.80 bits per heavy atom. The molecule has 1 rings (SSSR count). The summed E-state index contributed by atoms with van der Waals surface area (Å²) >= 11 is 5.78. The molecule has 0 aliphatic rings. The second kappa shape index (κ2) is 5.18. The van der Waals surface area contributed by atoms with Crippen molar-refractivity contribution in [2.45, 2.75) is 6.42 Å². The van der Waals surface area contributed by atoms with Gasteiger partial charge in [-0.3, -0.25) is 9.59 Å². The third kappa shape index (κ3) is 3.45. The van der Waals surface area contributed by atoms with Gasteiger partial charge in [0.15, 0.2) is 6.29 Å². The first-order valence-corrected chi connectivity index (χ1v) is 4.53. The van der Waals surface area contributed by atoms with Crippen LogP contribution in [-0.2, 0) is 4.79 Å². The largest absolute Gasteiger partial charge is 0.369 e. The molecule has 3 nitrogen and oxygen atoms in total. The predicted molar refractivity (Wildman–Crippen MR) is 57.5 cm³/mol. The van der Waals surface area contributed by atoms with Gasteiger partial charge in [0.2, 0.25) is 5.91 Å². The number of aldehydes is 1. The number of amides is 1. The van der Waals surface area contributed by atoms with Crippen molar-refractivity contribution in [2.24, 2.45) is 5.73 Å². The highest BCUT2D eigenvalue weighted by atomic mass is 35.5. The Kier molecular flexibility index (Phi) is 3.90. The molecule has 0 aliphatic heterocycles. The fraction of sp³-hybridized carbons (Fsp3) is 0.0909. The standard InChI is InChI=1S/C11H8ClNO2/c12-10-6-8(2-1-3-11(13)15)4-5-9(10)7-14/h4-7H,3H2,(H2,13,15). The number of nitrogens with two attached hydrogens (primary N) is 1. The van der Waals surface area contributed by atoms with E-state index in [1.807, 2.05) is 0 Å². The molecule has 0 spiro atoms. The lowest BCUT2D eigenvalue weighted by Crippen LogP contribution is -2.08. The molecule has 0 radical (unpaired) electrons. The lowest BCUT2D eigenvalue weighted by atomic mass is 10.1. The van der Waals surface area contributed by atoms with E-state index in [4.69, 9.17) is 17.3 Å². The number of hydrogen-bond acceptors (Lipinski definition) is 2. The van der Waals surface area contributed by atoms with E-state index in [1.54, 1.807) is 18.2 Å². The van der Waals surface area contributed by atoms with Crippen LogP contribution in [-0.4, -0.2) is 12.2 Å². The second-order valence-electron chi connectivity index (χ2n) is 2.80. The van der Waals surface area contributed by atoms with E-state index in [9.17, 15) is 9.59 Å². The molecule has 1 amide bonds. The maximum atomic E-state index is 10.5. The lowest BCUT2D eigenvalue weighted by Gasteiger charge is -1.95. The van der Waals surface area contributed by atoms with E-state index in [2.05, 4.69) is 11.8 Å². The first-order chi connectivity index (χ1) is 7.13. The molecule has 76 valence electrons. The minimum atomic E-state index is -0.474. The molecular formula is C11H8ClNO2. The monoisotopic (exact) mass is 221 g/mol. The number of carbonyl (C=O) groups excluding carboxylic acids is 2. The smallest absolute Gasteiger partial charge is 0.229 e. The van der Waals surface area contributed by atoms with Gasteiger partial charge in [0.1, 0.15) is 0 Å². The van der Waals surface area contributed by atoms with Crippen LogP contribution in [0.5, 0.6) is 0 Å². The molecular weight excluding hydrogens is 214 g/mol. The van der Waals surface area contributed by atoms with Crippen LogP contribution in [0.3, 0.4) is 0 Å². The van der Waals surface area contributed by atoms with Crippen molar-refractivity contribution >= 4 is 23.8 Å². The summed E-state index contributed by atoms with van der Waals surface area (Å²) in [5.41, 5.74) is 5.98. The number of halogens is 1. The fourth-order valence-electron chi connectivity index (χ4n) is 0.934. The molecule has 0 atom stereocenters. The van der Waals surface area contributed by atoms with Crippen LogP contribution in [0.2, 0.25) is 5.02 Å². The number of primary amides is 1. The minimum Gasteiger partial charge on any atom is -0.369 e. The molecule has 1 aromatic carbocycles. The number of carbonyl (C=O) groups is 2. The maximum Gasteiger partial charge on any atom is 0.229 e. The molecule has 0 aromatic heterocycles. The third-order valence-electron chi connectivity index (χ3n) is 1.62. The van der Waals surface area contributed by atoms with Crippen molar-refractivity contribution in [3.05, 3.63) is 34.3 Å². The van der Waals surface area contributed by atoms with E-state index >= 15 is 0 Å². The number of hydrogen-bond donors (Lipinski definition) is 1. The summed E-state index contributed by atoms with van der Waals surface area (Å²) in [6.07, 6.45) is 0.677. The minimum absolute atomic E-state index is 0.00700. The van der Waals surface area contributed by atoms with Crippen molar-refractivity contribution in [1.29, 1.82) is 0 Å². The number of rotatable bonds is 2. The van der Waals surface area contributed by atoms with E-state index in [-0.39, 0.29) is 6.42 Å². The Hall–Kier alpha value is -1.79. The highest BCUT2D eigenvalue weighted by Crippen LogP contribution is 2.15. The maximum absolute atomic E-state index is 10.5. The summed E-state index contributed by atoms with van der Waals surface area (Å²) in [6, 6.07) is 4.80. The molecule has 0 heterocycles. The molecule has 15 heavy (non-hydrogen) atoms. The Bertz CT molecular complexity index is 457. The topological polar surface area (TPSA) is 60.2 Å². The van der Waals surface area contributed by atoms with Crippen LogP contribution in [0, 0.1) is 11.8 Å². The quantitative estimate of drug-likeness (QED) is 0.606. The highest BCUT2D eigenvalue weighted by Gasteiger charge is 1.98. The van der Waals surface area contributed by atoms with Crippen LogP contribution in [0.15, 0.2) is 18.2 Å². The van der Waals surface area contributed by atoms with Gasteiger partial charge < -0.3 is 5.73 Å². The van der Waals surface area contributed by atoms with E-state index in [1.165, 1.54) is 0 Å². The molecule has 0 bridgehead atoms. The third-order valence-corrected chi connectivity index (χ3v) is 1.95. The van der Waals surface area contributed by atoms with Gasteiger partial charge >= 0.3 is 0 Å². The Morgan fingerprint density at radius 2 is 2.27 bits per heavy atom. The average molecular weight is 222 g/mol. The summed E-state index contributed by atoms with van der Waals surface area (Å²) in [5.74, 6) is 4.84. The summed E-state index contributed by atoms with van der Waals surface area (Å²) < 4.78 is 0. The molecule has 0 aliphatic carbocycles. The number of benzene rings is 1. The van der Waals surface area contributed by atoms with Crippen molar-refractivity contribution < 1.29 is 9.59 Å². The molecule has 0 unspecified atom stereocenters. The zero-order valence-corrected chi connectivity index (χ0v) is 8.54. The van der Waals surface area contributed by atoms with E-state index in [0.29, 0.717) is 22.4 Å². The van der Waals surface area contributed by atoms with Crippen LogP contribution in [0.4, 0.5) is 0 Å². The van der Waals surface area contributed by atoms with Gasteiger partial charge in [0.05, 0.1) is 11.4 Å². The van der Waals surface area contributed by atoms with E-state index in [0.717, 1.165) is 0 Å². The molecule has 0 saturated heterocycles. The molecule has 2 N–H and O–H groups in total. The molecule has 0 saturated carbocycles. The van der Waals surface area contributed by atoms with Crippen LogP contribution in [0.1, 0.15) is 22.3 Å². The molecule has 0 fully saturated rings. The van der Waals surface area contributed by atoms with Crippen molar-refractivity contribution in [2.75, 3.05) is 0 Å². The van der Waals surface area contributed by atoms with Gasteiger partial charge in [-0.05, 0) is 18.2 Å². The first-order valence-electron chi connectivity index (χ1n) is 4.15. The normalized spacial score (nSPS) is 8.87. The van der Waals surface area contributed by atoms with Crippen molar-refractivity contribution in [3.63, 3.8) is 0 Å². The Labute approximate surface area is 92.2 Å². The van der Waals surface area contributed by atoms with Crippen LogP contribution in [0.25, 0.3) is 0 Å². The van der Waals surface area contributed by atoms with Gasteiger partial charge in [-0.1, -0.05) is 23.4 Å². The SMILES string of the molecule is NC(=O)CC#Cc1ccc(C=O)c(Cl)c1. The zero-order valence-electron chi connectivity index (χ0n) is 7.79. The van der Waals surface area contributed by atoms with E-state index < -0.39 is 5.91 Å². The van der Waals surface area contributed by atoms with Gasteiger partial charge in [0, 0.05) is 11.1 Å². The van der Waals surface area contributed by atoms with Gasteiger partial charge in [-0.25, -0.2) is 0 Å². The van der Waals surface area contributed by atoms with Crippen molar-refractivity contribution in [1.82, 2.24) is 0 Å². The average Bonchev–Trinajstić information content (AvgIpc) is 2.17. The van der Waals surface area contributed by atoms with Gasteiger partial charge in [-0.2, -0.15) is 0 Å². The summed E-state index contributed by atoms with van der Waals surface area (Å²) in [5, 5.41) is 0.343. The second-order valence-corrected chi connectivity index (χ2v) is 3.21. The summed E-state index contributed by atoms with van der Waals surface area (Å²) in [7, 11) is 0. The fourth-order valence-corrected chi connectivity index (χ4v) is 1.16. The van der Waals surface area contributed by atoms with Crippen LogP contribution < -0.4 is 5.73 Å². The zero-order chi connectivity index (χ0) is 11.3. The van der Waals surface area contributed by atoms with Gasteiger partial charge in [-0.15, -0.1) is 0 Å². The first kappa shape index (κ1) is 11.3. The predicted octanol–water partition coefficient (Wildman–Crippen LogP) is 1.38. The van der Waals surface area contributed by atoms with Gasteiger partial charge in [0.25, 0.3) is 0 Å². The highest BCUT2D eigenvalue weighted by molar-refractivity contribution is 6.33. The summed E-state index contributed by atoms with van der Waals surface area (Å²) in [4.78, 5) is 20.9. The van der Waals surface area contributed by atoms with Crippen molar-refractivity contribution in [3.8, 4) is 11.8 Å². The lowest BCUT2D eigenvalue weighted by molar-refractivity contribution is -0.117. The van der Waals surface area contributed by atoms with Crippen LogP contribution >= 0.6 is 11.6 Å². The Balaban J connectivity index is 2.87. The molecule has 4 heteroatoms.